The van der Waals surface area contributed by atoms with Crippen LogP contribution in [0.5, 0.6) is 0 Å². The first-order valence-corrected chi connectivity index (χ1v) is 23.1. The van der Waals surface area contributed by atoms with Crippen LogP contribution in [-0.4, -0.2) is 9.13 Å². The topological polar surface area (TPSA) is 33.6 Å². The second kappa shape index (κ2) is 17.1. The number of fused-ring (bicyclic) bond motifs is 6. The summed E-state index contributed by atoms with van der Waals surface area (Å²) >= 11 is 0. The van der Waals surface area contributed by atoms with Gasteiger partial charge in [0.05, 0.1) is 61.8 Å². The molecule has 0 saturated heterocycles. The highest BCUT2D eigenvalue weighted by atomic mass is 19.4. The van der Waals surface area contributed by atoms with E-state index in [1.807, 2.05) is 100 Å². The SMILES string of the molecule is Cc1cc(-c2ccc(-n3c4ccccc4c4cc(-c5cc(C)cc(C(F)(F)F)c5)ccc43)c(-c3cc(C#N)ccc3-n3c4ccccc4c4cc(-c5cc(C)cc(C(F)(F)F)c5)ccc43)c2)cc(C(F)(F)F)c1. The number of aromatic nitrogens is 2. The molecule has 0 saturated carbocycles. The van der Waals surface area contributed by atoms with Crippen LogP contribution in [0.4, 0.5) is 39.5 Å². The van der Waals surface area contributed by atoms with Gasteiger partial charge in [0.15, 0.2) is 0 Å². The summed E-state index contributed by atoms with van der Waals surface area (Å²) in [6.07, 6.45) is -13.8. The van der Waals surface area contributed by atoms with E-state index < -0.39 is 35.2 Å². The van der Waals surface area contributed by atoms with E-state index in [-0.39, 0.29) is 5.56 Å². The predicted molar refractivity (Wildman–Crippen MR) is 271 cm³/mol. The highest BCUT2D eigenvalue weighted by molar-refractivity contribution is 6.13. The number of para-hydroxylation sites is 2. The van der Waals surface area contributed by atoms with Gasteiger partial charge >= 0.3 is 18.5 Å². The number of alkyl halides is 9. The molecule has 0 aliphatic rings. The molecule has 2 aromatic heterocycles. The maximum atomic E-state index is 14.4. The van der Waals surface area contributed by atoms with Crippen LogP contribution >= 0.6 is 0 Å². The third-order valence-corrected chi connectivity index (χ3v) is 13.5. The molecule has 0 aliphatic carbocycles. The number of nitriles is 1. The number of aryl methyl sites for hydroxylation is 3. The molecule has 0 N–H and O–H groups in total. The zero-order valence-corrected chi connectivity index (χ0v) is 39.0. The quantitative estimate of drug-likeness (QED) is 0.153. The highest BCUT2D eigenvalue weighted by Crippen LogP contribution is 2.45. The molecule has 360 valence electrons. The van der Waals surface area contributed by atoms with E-state index in [0.717, 1.165) is 69.0 Å². The summed E-state index contributed by atoms with van der Waals surface area (Å²) in [6.45, 7) is 4.82. The second-order valence-corrected chi connectivity index (χ2v) is 18.5. The maximum Gasteiger partial charge on any atom is 0.416 e. The maximum absolute atomic E-state index is 14.4. The molecule has 0 spiro atoms. The van der Waals surface area contributed by atoms with E-state index >= 15 is 0 Å². The number of benzene rings is 9. The lowest BCUT2D eigenvalue weighted by atomic mass is 9.93. The molecular weight excluding hydrogens is 946 g/mol. The minimum absolute atomic E-state index is 0.288. The fourth-order valence-electron chi connectivity index (χ4n) is 10.3. The molecular formula is C61H38F9N3. The molecule has 2 heterocycles. The van der Waals surface area contributed by atoms with Crippen molar-refractivity contribution in [1.82, 2.24) is 9.13 Å². The van der Waals surface area contributed by atoms with Crippen LogP contribution in [0.15, 0.2) is 176 Å². The Morgan fingerprint density at radius 1 is 0.342 bits per heavy atom. The molecule has 0 amide bonds. The van der Waals surface area contributed by atoms with Crippen molar-refractivity contribution in [3.8, 4) is 62.0 Å². The van der Waals surface area contributed by atoms with E-state index in [9.17, 15) is 44.8 Å². The predicted octanol–water partition coefficient (Wildman–Crippen LogP) is 18.4. The summed E-state index contributed by atoms with van der Waals surface area (Å²) in [4.78, 5) is 0. The average Bonchev–Trinajstić information content (AvgIpc) is 3.86. The smallest absolute Gasteiger partial charge is 0.309 e. The number of rotatable bonds is 6. The van der Waals surface area contributed by atoms with Gasteiger partial charge in [0, 0.05) is 32.7 Å². The lowest BCUT2D eigenvalue weighted by Gasteiger charge is -2.20. The number of hydrogen-bond donors (Lipinski definition) is 0. The van der Waals surface area contributed by atoms with Gasteiger partial charge in [-0.1, -0.05) is 72.8 Å². The zero-order chi connectivity index (χ0) is 51.3. The van der Waals surface area contributed by atoms with E-state index in [4.69, 9.17) is 0 Å². The standard InChI is InChI=1S/C61H38F9N3/c1-34-20-41(27-44(23-34)59(62,63)64)38-13-17-56-50(30-38)47-8-4-6-10-53(47)72(56)55-16-12-37(33-71)26-49(55)52-32-40(43-22-36(3)25-46(29-43)61(68,69)70)15-19-58(52)73-54-11-7-5-9-48(54)51-31-39(14-18-57(51)73)42-21-35(2)24-45(28-42)60(65,66)67/h4-32H,1-3H3. The molecule has 11 aromatic rings. The summed E-state index contributed by atoms with van der Waals surface area (Å²) in [7, 11) is 0. The first kappa shape index (κ1) is 46.8. The first-order valence-electron chi connectivity index (χ1n) is 23.1. The van der Waals surface area contributed by atoms with Crippen molar-refractivity contribution in [2.75, 3.05) is 0 Å². The zero-order valence-electron chi connectivity index (χ0n) is 39.0. The highest BCUT2D eigenvalue weighted by Gasteiger charge is 2.33. The van der Waals surface area contributed by atoms with Crippen LogP contribution in [0.1, 0.15) is 38.9 Å². The van der Waals surface area contributed by atoms with Crippen LogP contribution in [0.25, 0.3) is 99.5 Å². The molecule has 12 heteroatoms. The molecule has 0 unspecified atom stereocenters. The summed E-state index contributed by atoms with van der Waals surface area (Å²) in [5.74, 6) is 0. The largest absolute Gasteiger partial charge is 0.416 e. The van der Waals surface area contributed by atoms with E-state index in [1.54, 1.807) is 69.3 Å². The Kier molecular flexibility index (Phi) is 10.9. The fourth-order valence-corrected chi connectivity index (χ4v) is 10.3. The van der Waals surface area contributed by atoms with E-state index in [0.29, 0.717) is 83.6 Å². The van der Waals surface area contributed by atoms with Gasteiger partial charge in [0.1, 0.15) is 0 Å². The number of hydrogen-bond acceptors (Lipinski definition) is 1. The summed E-state index contributed by atoms with van der Waals surface area (Å²) < 4.78 is 132. The first-order chi connectivity index (χ1) is 34.7. The van der Waals surface area contributed by atoms with Crippen LogP contribution in [0, 0.1) is 32.1 Å². The minimum atomic E-state index is -4.64. The van der Waals surface area contributed by atoms with Crippen LogP contribution in [0.2, 0.25) is 0 Å². The van der Waals surface area contributed by atoms with Gasteiger partial charge in [0.2, 0.25) is 0 Å². The molecule has 0 fully saturated rings. The van der Waals surface area contributed by atoms with Crippen molar-refractivity contribution in [1.29, 1.82) is 5.26 Å². The second-order valence-electron chi connectivity index (χ2n) is 18.5. The Labute approximate surface area is 412 Å². The fraction of sp³-hybridized carbons (Fsp3) is 0.0984. The molecule has 0 bridgehead atoms. The van der Waals surface area contributed by atoms with Gasteiger partial charge in [-0.25, -0.2) is 0 Å². The Morgan fingerprint density at radius 2 is 0.699 bits per heavy atom. The van der Waals surface area contributed by atoms with Crippen molar-refractivity contribution in [3.05, 3.63) is 215 Å². The van der Waals surface area contributed by atoms with Gasteiger partial charge in [-0.15, -0.1) is 0 Å². The van der Waals surface area contributed by atoms with Gasteiger partial charge in [-0.05, 0) is 174 Å². The molecule has 73 heavy (non-hydrogen) atoms. The van der Waals surface area contributed by atoms with Crippen molar-refractivity contribution in [2.45, 2.75) is 39.3 Å². The number of halogens is 9. The molecule has 3 nitrogen and oxygen atoms in total. The van der Waals surface area contributed by atoms with Gasteiger partial charge < -0.3 is 9.13 Å². The Morgan fingerprint density at radius 3 is 1.11 bits per heavy atom. The third kappa shape index (κ3) is 8.34. The Bertz CT molecular complexity index is 4100. The average molecular weight is 984 g/mol. The molecule has 0 radical (unpaired) electrons. The van der Waals surface area contributed by atoms with Crippen LogP contribution in [0.3, 0.4) is 0 Å². The van der Waals surface area contributed by atoms with E-state index in [1.165, 1.54) is 0 Å². The van der Waals surface area contributed by atoms with Gasteiger partial charge in [0.25, 0.3) is 0 Å². The molecule has 0 aliphatic heterocycles. The van der Waals surface area contributed by atoms with Crippen LogP contribution < -0.4 is 0 Å². The monoisotopic (exact) mass is 983 g/mol. The lowest BCUT2D eigenvalue weighted by molar-refractivity contribution is -0.138. The van der Waals surface area contributed by atoms with E-state index in [2.05, 4.69) is 6.07 Å². The third-order valence-electron chi connectivity index (χ3n) is 13.5. The van der Waals surface area contributed by atoms with Gasteiger partial charge in [-0.3, -0.25) is 0 Å². The van der Waals surface area contributed by atoms with Crippen molar-refractivity contribution in [3.63, 3.8) is 0 Å². The molecule has 0 atom stereocenters. The summed E-state index contributed by atoms with van der Waals surface area (Å²) in [6, 6.07) is 50.7. The van der Waals surface area contributed by atoms with Crippen molar-refractivity contribution in [2.24, 2.45) is 0 Å². The lowest BCUT2D eigenvalue weighted by Crippen LogP contribution is -2.05. The van der Waals surface area contributed by atoms with Gasteiger partial charge in [-0.2, -0.15) is 44.8 Å². The van der Waals surface area contributed by atoms with Crippen molar-refractivity contribution >= 4 is 43.6 Å². The summed E-state index contributed by atoms with van der Waals surface area (Å²) in [5, 5.41) is 13.5. The number of nitrogens with zero attached hydrogens (tertiary/aromatic N) is 3. The Hall–Kier alpha value is -8.56. The normalized spacial score (nSPS) is 12.4. The molecule has 9 aromatic carbocycles. The molecule has 11 rings (SSSR count). The van der Waals surface area contributed by atoms with Crippen LogP contribution in [-0.2, 0) is 18.5 Å². The van der Waals surface area contributed by atoms with Crippen molar-refractivity contribution < 1.29 is 39.5 Å². The minimum Gasteiger partial charge on any atom is -0.309 e. The Balaban J connectivity index is 1.19. The summed E-state index contributed by atoms with van der Waals surface area (Å²) in [5.41, 5.74) is 6.94.